The van der Waals surface area contributed by atoms with Crippen LogP contribution in [0.2, 0.25) is 0 Å². The second-order valence-electron chi connectivity index (χ2n) is 12.0. The van der Waals surface area contributed by atoms with Crippen LogP contribution in [0.3, 0.4) is 0 Å². The summed E-state index contributed by atoms with van der Waals surface area (Å²) in [5.41, 5.74) is 7.59. The smallest absolute Gasteiger partial charge is 0.455 e. The largest absolute Gasteiger partial charge is 0.495 e. The summed E-state index contributed by atoms with van der Waals surface area (Å²) >= 11 is 0. The Morgan fingerprint density at radius 3 is 2.10 bits per heavy atom. The number of benzene rings is 5. The molecular formula is C36H30BNO3. The van der Waals surface area contributed by atoms with E-state index in [4.69, 9.17) is 13.7 Å². The molecule has 4 nitrogen and oxygen atoms in total. The van der Waals surface area contributed by atoms with E-state index < -0.39 is 18.3 Å². The lowest BCUT2D eigenvalue weighted by atomic mass is 9.76. The number of furan rings is 1. The van der Waals surface area contributed by atoms with Gasteiger partial charge >= 0.3 is 7.12 Å². The highest BCUT2D eigenvalue weighted by Crippen LogP contribution is 2.41. The third kappa shape index (κ3) is 3.56. The van der Waals surface area contributed by atoms with E-state index in [1.165, 1.54) is 21.8 Å². The molecule has 5 aromatic carbocycles. The number of rotatable bonds is 3. The Balaban J connectivity index is 1.33. The molecule has 0 spiro atoms. The molecule has 200 valence electrons. The maximum atomic E-state index is 6.60. The SMILES string of the molecule is CC1(C)OB(c2cccc3oc4c(-c5ccc6c(c5)c5ccccc5n6-c5ccccc5)cccc4c23)OC1(C)C. The van der Waals surface area contributed by atoms with Crippen LogP contribution in [0.15, 0.2) is 114 Å². The summed E-state index contributed by atoms with van der Waals surface area (Å²) in [6.07, 6.45) is 0. The van der Waals surface area contributed by atoms with E-state index in [1.807, 2.05) is 12.1 Å². The quantitative estimate of drug-likeness (QED) is 0.213. The molecule has 5 heteroatoms. The Morgan fingerprint density at radius 1 is 0.610 bits per heavy atom. The summed E-state index contributed by atoms with van der Waals surface area (Å²) in [4.78, 5) is 0. The molecule has 1 aliphatic heterocycles. The third-order valence-corrected chi connectivity index (χ3v) is 9.06. The summed E-state index contributed by atoms with van der Waals surface area (Å²) in [6, 6.07) is 38.5. The average molecular weight is 535 g/mol. The normalized spacial score (nSPS) is 16.4. The zero-order valence-corrected chi connectivity index (χ0v) is 23.6. The van der Waals surface area contributed by atoms with Crippen molar-refractivity contribution in [3.63, 3.8) is 0 Å². The molecule has 7 aromatic rings. The number of para-hydroxylation sites is 3. The molecule has 0 amide bonds. The minimum Gasteiger partial charge on any atom is -0.455 e. The zero-order valence-electron chi connectivity index (χ0n) is 23.6. The van der Waals surface area contributed by atoms with Crippen molar-refractivity contribution in [3.05, 3.63) is 109 Å². The van der Waals surface area contributed by atoms with Gasteiger partial charge in [-0.15, -0.1) is 0 Å². The van der Waals surface area contributed by atoms with Crippen LogP contribution in [0.25, 0.3) is 60.6 Å². The minimum absolute atomic E-state index is 0.418. The standard InChI is InChI=1S/C36H30BNO3/c1-35(2)36(3,4)41-37(40-35)29-17-11-19-32-33(29)27-16-10-15-25(34(27)39-32)23-20-21-31-28(22-23)26-14-8-9-18-30(26)38(31)24-12-6-5-7-13-24/h5-22H,1-4H3. The number of hydrogen-bond donors (Lipinski definition) is 0. The van der Waals surface area contributed by atoms with Crippen molar-refractivity contribution >= 4 is 56.3 Å². The van der Waals surface area contributed by atoms with Crippen LogP contribution in [0.4, 0.5) is 0 Å². The summed E-state index contributed by atoms with van der Waals surface area (Å²) in [5, 5.41) is 4.56. The van der Waals surface area contributed by atoms with Gasteiger partial charge in [0.25, 0.3) is 0 Å². The van der Waals surface area contributed by atoms with Gasteiger partial charge in [0.15, 0.2) is 0 Å². The lowest BCUT2D eigenvalue weighted by molar-refractivity contribution is 0.00578. The van der Waals surface area contributed by atoms with Crippen LogP contribution < -0.4 is 5.46 Å². The molecule has 41 heavy (non-hydrogen) atoms. The lowest BCUT2D eigenvalue weighted by Gasteiger charge is -2.32. The average Bonchev–Trinajstić information content (AvgIpc) is 3.59. The van der Waals surface area contributed by atoms with Gasteiger partial charge in [-0.1, -0.05) is 72.8 Å². The Bertz CT molecular complexity index is 2100. The van der Waals surface area contributed by atoms with Gasteiger partial charge in [-0.3, -0.25) is 0 Å². The van der Waals surface area contributed by atoms with E-state index >= 15 is 0 Å². The number of nitrogens with zero attached hydrogens (tertiary/aromatic N) is 1. The second kappa shape index (κ2) is 8.59. The monoisotopic (exact) mass is 535 g/mol. The van der Waals surface area contributed by atoms with Crippen molar-refractivity contribution < 1.29 is 13.7 Å². The van der Waals surface area contributed by atoms with Gasteiger partial charge in [-0.2, -0.15) is 0 Å². The maximum absolute atomic E-state index is 6.60. The van der Waals surface area contributed by atoms with Gasteiger partial charge in [0.05, 0.1) is 22.2 Å². The molecule has 1 fully saturated rings. The van der Waals surface area contributed by atoms with E-state index in [0.29, 0.717) is 0 Å². The molecule has 0 radical (unpaired) electrons. The minimum atomic E-state index is -0.464. The fourth-order valence-electron chi connectivity index (χ4n) is 6.26. The molecule has 8 rings (SSSR count). The number of aromatic nitrogens is 1. The van der Waals surface area contributed by atoms with Crippen LogP contribution in [-0.4, -0.2) is 22.9 Å². The summed E-state index contributed by atoms with van der Waals surface area (Å²) < 4.78 is 21.8. The van der Waals surface area contributed by atoms with Crippen molar-refractivity contribution in [1.82, 2.24) is 4.57 Å². The second-order valence-corrected chi connectivity index (χ2v) is 12.0. The third-order valence-electron chi connectivity index (χ3n) is 9.06. The summed E-state index contributed by atoms with van der Waals surface area (Å²) in [6.45, 7) is 8.35. The van der Waals surface area contributed by atoms with Crippen LogP contribution in [-0.2, 0) is 9.31 Å². The van der Waals surface area contributed by atoms with E-state index in [9.17, 15) is 0 Å². The lowest BCUT2D eigenvalue weighted by Crippen LogP contribution is -2.41. The Kier molecular flexibility index (Phi) is 5.13. The van der Waals surface area contributed by atoms with Crippen molar-refractivity contribution in [1.29, 1.82) is 0 Å². The highest BCUT2D eigenvalue weighted by atomic mass is 16.7. The first-order chi connectivity index (χ1) is 19.8. The molecule has 1 saturated heterocycles. The molecule has 0 aliphatic carbocycles. The van der Waals surface area contributed by atoms with Crippen LogP contribution in [0, 0.1) is 0 Å². The molecule has 2 aromatic heterocycles. The summed E-state index contributed by atoms with van der Waals surface area (Å²) in [7, 11) is -0.464. The van der Waals surface area contributed by atoms with Crippen LogP contribution >= 0.6 is 0 Å². The highest BCUT2D eigenvalue weighted by Gasteiger charge is 2.52. The van der Waals surface area contributed by atoms with Crippen molar-refractivity contribution in [2.75, 3.05) is 0 Å². The fourth-order valence-corrected chi connectivity index (χ4v) is 6.26. The molecular weight excluding hydrogens is 505 g/mol. The van der Waals surface area contributed by atoms with Gasteiger partial charge in [-0.25, -0.2) is 0 Å². The van der Waals surface area contributed by atoms with E-state index in [1.54, 1.807) is 0 Å². The maximum Gasteiger partial charge on any atom is 0.495 e. The molecule has 3 heterocycles. The first kappa shape index (κ1) is 24.5. The number of fused-ring (bicyclic) bond motifs is 6. The van der Waals surface area contributed by atoms with Gasteiger partial charge in [-0.05, 0) is 75.1 Å². The van der Waals surface area contributed by atoms with Crippen molar-refractivity contribution in [3.8, 4) is 16.8 Å². The Morgan fingerprint density at radius 2 is 1.29 bits per heavy atom. The number of hydrogen-bond acceptors (Lipinski definition) is 3. The van der Waals surface area contributed by atoms with E-state index in [-0.39, 0.29) is 0 Å². The van der Waals surface area contributed by atoms with Gasteiger partial charge in [0.2, 0.25) is 0 Å². The predicted octanol–water partition coefficient (Wildman–Crippen LogP) is 8.65. The predicted molar refractivity (Wildman–Crippen MR) is 169 cm³/mol. The summed E-state index contributed by atoms with van der Waals surface area (Å²) in [5.74, 6) is 0. The van der Waals surface area contributed by atoms with E-state index in [2.05, 4.69) is 129 Å². The van der Waals surface area contributed by atoms with Gasteiger partial charge in [0, 0.05) is 32.8 Å². The molecule has 0 bridgehead atoms. The highest BCUT2D eigenvalue weighted by molar-refractivity contribution is 6.66. The topological polar surface area (TPSA) is 36.5 Å². The Hall–Kier alpha value is -4.32. The van der Waals surface area contributed by atoms with Crippen molar-refractivity contribution in [2.24, 2.45) is 0 Å². The zero-order chi connectivity index (χ0) is 27.9. The first-order valence-electron chi connectivity index (χ1n) is 14.2. The van der Waals surface area contributed by atoms with Gasteiger partial charge in [0.1, 0.15) is 11.2 Å². The van der Waals surface area contributed by atoms with Gasteiger partial charge < -0.3 is 18.3 Å². The molecule has 0 unspecified atom stereocenters. The van der Waals surface area contributed by atoms with Crippen LogP contribution in [0.1, 0.15) is 27.7 Å². The molecule has 1 aliphatic rings. The molecule has 0 atom stereocenters. The van der Waals surface area contributed by atoms with Crippen molar-refractivity contribution in [2.45, 2.75) is 38.9 Å². The Labute approximate surface area is 239 Å². The molecule has 0 N–H and O–H groups in total. The first-order valence-corrected chi connectivity index (χ1v) is 14.2. The van der Waals surface area contributed by atoms with E-state index in [0.717, 1.165) is 44.2 Å². The molecule has 0 saturated carbocycles. The van der Waals surface area contributed by atoms with Crippen LogP contribution in [0.5, 0.6) is 0 Å². The fraction of sp³-hybridized carbons (Fsp3) is 0.167.